The van der Waals surface area contributed by atoms with Gasteiger partial charge in [0.15, 0.2) is 0 Å². The maximum atomic E-state index is 12.8. The third kappa shape index (κ3) is 5.47. The Balaban J connectivity index is 1.97. The normalized spacial score (nSPS) is 10.4. The van der Waals surface area contributed by atoms with Crippen molar-refractivity contribution in [1.82, 2.24) is 0 Å². The summed E-state index contributed by atoms with van der Waals surface area (Å²) in [5.41, 5.74) is 3.11. The van der Waals surface area contributed by atoms with Gasteiger partial charge in [0, 0.05) is 18.7 Å². The molecule has 0 unspecified atom stereocenters. The Labute approximate surface area is 177 Å². The minimum atomic E-state index is -1.03. The molecular formula is C25H26N2O3. The van der Waals surface area contributed by atoms with E-state index in [4.69, 9.17) is 0 Å². The van der Waals surface area contributed by atoms with E-state index in [1.807, 2.05) is 24.3 Å². The molecule has 0 radical (unpaired) electrons. The minimum absolute atomic E-state index is 0.136. The Morgan fingerprint density at radius 3 is 2.20 bits per heavy atom. The molecule has 0 aromatic heterocycles. The zero-order valence-electron chi connectivity index (χ0n) is 17.0. The van der Waals surface area contributed by atoms with Crippen LogP contribution < -0.4 is 10.2 Å². The molecule has 0 spiro atoms. The van der Waals surface area contributed by atoms with Crippen molar-refractivity contribution in [1.29, 1.82) is 0 Å². The van der Waals surface area contributed by atoms with Gasteiger partial charge >= 0.3 is 5.97 Å². The Kier molecular flexibility index (Phi) is 7.22. The van der Waals surface area contributed by atoms with Gasteiger partial charge in [-0.3, -0.25) is 4.79 Å². The highest BCUT2D eigenvalue weighted by Gasteiger charge is 2.17. The van der Waals surface area contributed by atoms with E-state index in [0.29, 0.717) is 17.8 Å². The number of carbonyl (C=O) groups excluding carboxylic acids is 1. The van der Waals surface area contributed by atoms with Crippen LogP contribution in [-0.4, -0.2) is 23.5 Å². The van der Waals surface area contributed by atoms with Crippen LogP contribution in [0.2, 0.25) is 0 Å². The zero-order chi connectivity index (χ0) is 21.3. The Bertz CT molecular complexity index is 988. The van der Waals surface area contributed by atoms with Gasteiger partial charge in [0.1, 0.15) is 0 Å². The lowest BCUT2D eigenvalue weighted by atomic mass is 10.1. The molecular weight excluding hydrogens is 376 g/mol. The van der Waals surface area contributed by atoms with Gasteiger partial charge in [0.2, 0.25) is 0 Å². The maximum Gasteiger partial charge on any atom is 0.335 e. The second kappa shape index (κ2) is 10.3. The predicted molar refractivity (Wildman–Crippen MR) is 120 cm³/mol. The standard InChI is InChI=1S/C25H26N2O3/c1-2-3-16-27(18-19-10-6-4-7-11-19)23-15-14-21(25(29)30)17-22(23)26-24(28)20-12-8-5-9-13-20/h4-15,17H,2-3,16,18H2,1H3,(H,26,28)(H,29,30). The van der Waals surface area contributed by atoms with Crippen LogP contribution in [0, 0.1) is 0 Å². The quantitative estimate of drug-likeness (QED) is 0.500. The second-order valence-electron chi connectivity index (χ2n) is 7.12. The summed E-state index contributed by atoms with van der Waals surface area (Å²) in [6, 6.07) is 23.9. The summed E-state index contributed by atoms with van der Waals surface area (Å²) in [5, 5.41) is 12.4. The van der Waals surface area contributed by atoms with Gasteiger partial charge in [-0.25, -0.2) is 4.79 Å². The molecule has 0 heterocycles. The number of carbonyl (C=O) groups is 2. The van der Waals surface area contributed by atoms with E-state index in [0.717, 1.165) is 30.6 Å². The van der Waals surface area contributed by atoms with Crippen molar-refractivity contribution in [2.24, 2.45) is 0 Å². The number of hydrogen-bond donors (Lipinski definition) is 2. The number of unbranched alkanes of at least 4 members (excludes halogenated alkanes) is 1. The number of anilines is 2. The summed E-state index contributed by atoms with van der Waals surface area (Å²) >= 11 is 0. The van der Waals surface area contributed by atoms with Crippen molar-refractivity contribution in [2.75, 3.05) is 16.8 Å². The fraction of sp³-hybridized carbons (Fsp3) is 0.200. The van der Waals surface area contributed by atoms with Gasteiger partial charge in [-0.15, -0.1) is 0 Å². The lowest BCUT2D eigenvalue weighted by Gasteiger charge is -2.27. The number of carboxylic acids is 1. The van der Waals surface area contributed by atoms with Gasteiger partial charge in [0.25, 0.3) is 5.91 Å². The first-order chi connectivity index (χ1) is 14.6. The molecule has 3 rings (SSSR count). The second-order valence-corrected chi connectivity index (χ2v) is 7.12. The first-order valence-corrected chi connectivity index (χ1v) is 10.1. The average molecular weight is 402 g/mol. The molecule has 0 saturated heterocycles. The summed E-state index contributed by atoms with van der Waals surface area (Å²) in [7, 11) is 0. The molecule has 3 aromatic carbocycles. The van der Waals surface area contributed by atoms with Gasteiger partial charge in [-0.2, -0.15) is 0 Å². The monoisotopic (exact) mass is 402 g/mol. The van der Waals surface area contributed by atoms with Gasteiger partial charge in [-0.05, 0) is 42.3 Å². The Morgan fingerprint density at radius 2 is 1.57 bits per heavy atom. The van der Waals surface area contributed by atoms with Crippen LogP contribution in [0.25, 0.3) is 0 Å². The summed E-state index contributed by atoms with van der Waals surface area (Å²) in [4.78, 5) is 26.5. The number of aromatic carboxylic acids is 1. The molecule has 5 nitrogen and oxygen atoms in total. The SMILES string of the molecule is CCCCN(Cc1ccccc1)c1ccc(C(=O)O)cc1NC(=O)c1ccccc1. The smallest absolute Gasteiger partial charge is 0.335 e. The number of nitrogens with one attached hydrogen (secondary N) is 1. The summed E-state index contributed by atoms with van der Waals surface area (Å²) in [6.07, 6.45) is 2.02. The molecule has 0 atom stereocenters. The van der Waals surface area contributed by atoms with Crippen molar-refractivity contribution >= 4 is 23.3 Å². The van der Waals surface area contributed by atoms with Crippen molar-refractivity contribution < 1.29 is 14.7 Å². The molecule has 30 heavy (non-hydrogen) atoms. The topological polar surface area (TPSA) is 69.6 Å². The highest BCUT2D eigenvalue weighted by molar-refractivity contribution is 6.06. The van der Waals surface area contributed by atoms with E-state index in [1.54, 1.807) is 36.4 Å². The van der Waals surface area contributed by atoms with Crippen LogP contribution in [0.15, 0.2) is 78.9 Å². The lowest BCUT2D eigenvalue weighted by Crippen LogP contribution is -2.26. The molecule has 0 aliphatic rings. The van der Waals surface area contributed by atoms with Gasteiger partial charge in [0.05, 0.1) is 16.9 Å². The Hall–Kier alpha value is -3.60. The van der Waals surface area contributed by atoms with Crippen molar-refractivity contribution in [2.45, 2.75) is 26.3 Å². The van der Waals surface area contributed by atoms with E-state index in [-0.39, 0.29) is 11.5 Å². The number of benzene rings is 3. The highest BCUT2D eigenvalue weighted by atomic mass is 16.4. The van der Waals surface area contributed by atoms with E-state index < -0.39 is 5.97 Å². The summed E-state index contributed by atoms with van der Waals surface area (Å²) < 4.78 is 0. The van der Waals surface area contributed by atoms with Crippen molar-refractivity contribution in [3.63, 3.8) is 0 Å². The molecule has 0 aliphatic carbocycles. The van der Waals surface area contributed by atoms with Crippen LogP contribution in [0.4, 0.5) is 11.4 Å². The number of rotatable bonds is 9. The third-order valence-corrected chi connectivity index (χ3v) is 4.87. The van der Waals surface area contributed by atoms with Crippen LogP contribution in [-0.2, 0) is 6.54 Å². The van der Waals surface area contributed by atoms with E-state index >= 15 is 0 Å². The number of nitrogens with zero attached hydrogens (tertiary/aromatic N) is 1. The van der Waals surface area contributed by atoms with Gasteiger partial charge < -0.3 is 15.3 Å². The van der Waals surface area contributed by atoms with E-state index in [9.17, 15) is 14.7 Å². The van der Waals surface area contributed by atoms with E-state index in [1.165, 1.54) is 6.07 Å². The van der Waals surface area contributed by atoms with Crippen molar-refractivity contribution in [3.05, 3.63) is 95.6 Å². The average Bonchev–Trinajstić information content (AvgIpc) is 2.78. The molecule has 2 N–H and O–H groups in total. The Morgan fingerprint density at radius 1 is 0.900 bits per heavy atom. The molecule has 0 saturated carbocycles. The molecule has 1 amide bonds. The van der Waals surface area contributed by atoms with E-state index in [2.05, 4.69) is 29.3 Å². The van der Waals surface area contributed by atoms with Crippen LogP contribution in [0.5, 0.6) is 0 Å². The summed E-state index contributed by atoms with van der Waals surface area (Å²) in [5.74, 6) is -1.30. The van der Waals surface area contributed by atoms with Crippen molar-refractivity contribution in [3.8, 4) is 0 Å². The fourth-order valence-corrected chi connectivity index (χ4v) is 3.27. The maximum absolute atomic E-state index is 12.8. The number of hydrogen-bond acceptors (Lipinski definition) is 3. The molecule has 0 fully saturated rings. The molecule has 0 aliphatic heterocycles. The molecule has 5 heteroatoms. The lowest BCUT2D eigenvalue weighted by molar-refractivity contribution is 0.0696. The van der Waals surface area contributed by atoms with Gasteiger partial charge in [-0.1, -0.05) is 61.9 Å². The third-order valence-electron chi connectivity index (χ3n) is 4.87. The number of amides is 1. The van der Waals surface area contributed by atoms with Crippen LogP contribution in [0.1, 0.15) is 46.0 Å². The molecule has 3 aromatic rings. The summed E-state index contributed by atoms with van der Waals surface area (Å²) in [6.45, 7) is 3.60. The molecule has 154 valence electrons. The van der Waals surface area contributed by atoms with Crippen LogP contribution >= 0.6 is 0 Å². The highest BCUT2D eigenvalue weighted by Crippen LogP contribution is 2.30. The molecule has 0 bridgehead atoms. The zero-order valence-corrected chi connectivity index (χ0v) is 17.0. The first kappa shape index (κ1) is 21.1. The first-order valence-electron chi connectivity index (χ1n) is 10.1. The number of carboxylic acid groups (broad SMARTS) is 1. The minimum Gasteiger partial charge on any atom is -0.478 e. The van der Waals surface area contributed by atoms with Crippen LogP contribution in [0.3, 0.4) is 0 Å². The predicted octanol–water partition coefficient (Wildman–Crippen LogP) is 5.44. The fourth-order valence-electron chi connectivity index (χ4n) is 3.27. The largest absolute Gasteiger partial charge is 0.478 e.